The number of aliphatic hydroxyl groups is 1. The second-order valence-corrected chi connectivity index (χ2v) is 6.91. The molecule has 30 heavy (non-hydrogen) atoms. The van der Waals surface area contributed by atoms with Crippen molar-refractivity contribution in [3.63, 3.8) is 0 Å². The van der Waals surface area contributed by atoms with Gasteiger partial charge in [0.15, 0.2) is 11.5 Å². The standard InChI is InChI=1S/C23H27NO6/c1-7-30-23(26)21-13(2)18(14(3)25)11-17-8-16(12-24(17)21)15-9-19(27-4)22(29-6)20(10-15)28-5/h8-12,14,25H,7H2,1-6H3. The molecule has 0 amide bonds. The summed E-state index contributed by atoms with van der Waals surface area (Å²) in [6, 6.07) is 7.52. The summed E-state index contributed by atoms with van der Waals surface area (Å²) in [5.74, 6) is 1.14. The number of hydrogen-bond donors (Lipinski definition) is 1. The zero-order valence-electron chi connectivity index (χ0n) is 18.1. The lowest BCUT2D eigenvalue weighted by Crippen LogP contribution is -2.14. The van der Waals surface area contributed by atoms with Crippen LogP contribution in [0.2, 0.25) is 0 Å². The summed E-state index contributed by atoms with van der Waals surface area (Å²) in [5.41, 5.74) is 4.21. The Bertz CT molecular complexity index is 1060. The summed E-state index contributed by atoms with van der Waals surface area (Å²) in [4.78, 5) is 12.7. The monoisotopic (exact) mass is 413 g/mol. The summed E-state index contributed by atoms with van der Waals surface area (Å²) < 4.78 is 23.4. The van der Waals surface area contributed by atoms with Crippen LogP contribution in [0.15, 0.2) is 30.5 Å². The van der Waals surface area contributed by atoms with Gasteiger partial charge in [-0.15, -0.1) is 0 Å². The van der Waals surface area contributed by atoms with E-state index >= 15 is 0 Å². The first-order valence-corrected chi connectivity index (χ1v) is 9.67. The van der Waals surface area contributed by atoms with Gasteiger partial charge in [0, 0.05) is 17.3 Å². The largest absolute Gasteiger partial charge is 0.493 e. The maximum atomic E-state index is 12.7. The van der Waals surface area contributed by atoms with Crippen LogP contribution in [0.1, 0.15) is 41.6 Å². The first kappa shape index (κ1) is 21.5. The van der Waals surface area contributed by atoms with E-state index in [4.69, 9.17) is 18.9 Å². The number of ether oxygens (including phenoxy) is 4. The number of aliphatic hydroxyl groups excluding tert-OH is 1. The molecular weight excluding hydrogens is 386 g/mol. The van der Waals surface area contributed by atoms with Crippen LogP contribution < -0.4 is 14.2 Å². The Morgan fingerprint density at radius 3 is 2.17 bits per heavy atom. The highest BCUT2D eigenvalue weighted by atomic mass is 16.5. The zero-order chi connectivity index (χ0) is 22.0. The predicted molar refractivity (Wildman–Crippen MR) is 114 cm³/mol. The minimum atomic E-state index is -0.720. The second-order valence-electron chi connectivity index (χ2n) is 6.91. The normalized spacial score (nSPS) is 12.0. The van der Waals surface area contributed by atoms with Crippen molar-refractivity contribution in [3.05, 3.63) is 47.3 Å². The highest BCUT2D eigenvalue weighted by Gasteiger charge is 2.22. The van der Waals surface area contributed by atoms with Crippen LogP contribution in [0.4, 0.5) is 0 Å². The average Bonchev–Trinajstić information content (AvgIpc) is 3.15. The molecule has 3 aromatic rings. The number of rotatable bonds is 7. The van der Waals surface area contributed by atoms with Gasteiger partial charge in [-0.05, 0) is 61.7 Å². The quantitative estimate of drug-likeness (QED) is 0.586. The molecule has 0 aliphatic rings. The lowest BCUT2D eigenvalue weighted by molar-refractivity contribution is 0.0516. The fourth-order valence-electron chi connectivity index (χ4n) is 3.66. The number of nitrogens with zero attached hydrogens (tertiary/aromatic N) is 1. The molecule has 0 bridgehead atoms. The Morgan fingerprint density at radius 2 is 1.67 bits per heavy atom. The molecule has 1 unspecified atom stereocenters. The van der Waals surface area contributed by atoms with Crippen LogP contribution in [-0.4, -0.2) is 43.4 Å². The lowest BCUT2D eigenvalue weighted by Gasteiger charge is -2.15. The van der Waals surface area contributed by atoms with Crippen molar-refractivity contribution in [2.75, 3.05) is 27.9 Å². The minimum Gasteiger partial charge on any atom is -0.493 e. The second kappa shape index (κ2) is 8.67. The van der Waals surface area contributed by atoms with Crippen LogP contribution in [0, 0.1) is 6.92 Å². The van der Waals surface area contributed by atoms with Crippen molar-refractivity contribution in [1.82, 2.24) is 4.40 Å². The van der Waals surface area contributed by atoms with E-state index in [1.807, 2.05) is 37.4 Å². The number of carbonyl (C=O) groups is 1. The minimum absolute atomic E-state index is 0.264. The van der Waals surface area contributed by atoms with Gasteiger partial charge in [0.2, 0.25) is 5.75 Å². The SMILES string of the molecule is CCOC(=O)c1c(C)c(C(C)O)cc2cc(-c3cc(OC)c(OC)c(OC)c3)cn12. The van der Waals surface area contributed by atoms with Gasteiger partial charge < -0.3 is 28.5 Å². The van der Waals surface area contributed by atoms with E-state index in [2.05, 4.69) is 0 Å². The molecule has 160 valence electrons. The highest BCUT2D eigenvalue weighted by Crippen LogP contribution is 2.41. The Balaban J connectivity index is 2.27. The van der Waals surface area contributed by atoms with Crippen LogP contribution in [-0.2, 0) is 4.74 Å². The van der Waals surface area contributed by atoms with Crippen LogP contribution in [0.5, 0.6) is 17.2 Å². The molecule has 0 radical (unpaired) electrons. The molecule has 0 aliphatic heterocycles. The number of benzene rings is 1. The number of pyridine rings is 1. The molecule has 0 saturated carbocycles. The molecule has 1 aromatic carbocycles. The number of fused-ring (bicyclic) bond motifs is 1. The smallest absolute Gasteiger partial charge is 0.355 e. The third-order valence-corrected chi connectivity index (χ3v) is 5.10. The van der Waals surface area contributed by atoms with Crippen molar-refractivity contribution < 1.29 is 28.8 Å². The molecule has 1 N–H and O–H groups in total. The Labute approximate surface area is 175 Å². The zero-order valence-corrected chi connectivity index (χ0v) is 18.1. The van der Waals surface area contributed by atoms with E-state index in [0.29, 0.717) is 34.1 Å². The number of aromatic nitrogens is 1. The number of methoxy groups -OCH3 is 3. The van der Waals surface area contributed by atoms with Crippen molar-refractivity contribution in [2.24, 2.45) is 0 Å². The van der Waals surface area contributed by atoms with Crippen LogP contribution in [0.25, 0.3) is 16.6 Å². The van der Waals surface area contributed by atoms with Crippen molar-refractivity contribution in [2.45, 2.75) is 26.9 Å². The number of hydrogen-bond acceptors (Lipinski definition) is 6. The van der Waals surface area contributed by atoms with Crippen molar-refractivity contribution in [1.29, 1.82) is 0 Å². The molecule has 0 aliphatic carbocycles. The van der Waals surface area contributed by atoms with E-state index in [9.17, 15) is 9.90 Å². The summed E-state index contributed by atoms with van der Waals surface area (Å²) in [5, 5.41) is 10.2. The van der Waals surface area contributed by atoms with Gasteiger partial charge in [0.1, 0.15) is 5.69 Å². The lowest BCUT2D eigenvalue weighted by atomic mass is 10.0. The van der Waals surface area contributed by atoms with Crippen molar-refractivity contribution in [3.8, 4) is 28.4 Å². The average molecular weight is 413 g/mol. The van der Waals surface area contributed by atoms with Crippen LogP contribution in [0.3, 0.4) is 0 Å². The first-order valence-electron chi connectivity index (χ1n) is 9.67. The van der Waals surface area contributed by atoms with E-state index < -0.39 is 12.1 Å². The maximum Gasteiger partial charge on any atom is 0.355 e. The van der Waals surface area contributed by atoms with E-state index in [0.717, 1.165) is 16.6 Å². The first-order chi connectivity index (χ1) is 14.4. The Kier molecular flexibility index (Phi) is 6.22. The van der Waals surface area contributed by atoms with Gasteiger partial charge in [-0.3, -0.25) is 0 Å². The summed E-state index contributed by atoms with van der Waals surface area (Å²) in [6.07, 6.45) is 1.14. The molecule has 2 heterocycles. The molecule has 2 aromatic heterocycles. The van der Waals surface area contributed by atoms with Crippen LogP contribution >= 0.6 is 0 Å². The number of carbonyl (C=O) groups excluding carboxylic acids is 1. The molecule has 1 atom stereocenters. The fraction of sp³-hybridized carbons (Fsp3) is 0.348. The van der Waals surface area contributed by atoms with Crippen molar-refractivity contribution >= 4 is 11.5 Å². The van der Waals surface area contributed by atoms with Gasteiger partial charge >= 0.3 is 5.97 Å². The number of esters is 1. The van der Waals surface area contributed by atoms with Gasteiger partial charge in [-0.25, -0.2) is 4.79 Å². The summed E-state index contributed by atoms with van der Waals surface area (Å²) in [7, 11) is 4.68. The summed E-state index contributed by atoms with van der Waals surface area (Å²) in [6.45, 7) is 5.52. The van der Waals surface area contributed by atoms with Gasteiger partial charge in [-0.2, -0.15) is 0 Å². The highest BCUT2D eigenvalue weighted by molar-refractivity contribution is 5.91. The van der Waals surface area contributed by atoms with Gasteiger partial charge in [-0.1, -0.05) is 0 Å². The molecule has 7 heteroatoms. The Hall–Kier alpha value is -3.19. The van der Waals surface area contributed by atoms with Gasteiger partial charge in [0.05, 0.1) is 34.0 Å². The van der Waals surface area contributed by atoms with E-state index in [1.54, 1.807) is 39.6 Å². The topological polar surface area (TPSA) is 78.6 Å². The Morgan fingerprint density at radius 1 is 1.03 bits per heavy atom. The molecule has 3 rings (SSSR count). The fourth-order valence-corrected chi connectivity index (χ4v) is 3.66. The molecule has 0 spiro atoms. The molecular formula is C23H27NO6. The molecule has 0 fully saturated rings. The maximum absolute atomic E-state index is 12.7. The van der Waals surface area contributed by atoms with E-state index in [-0.39, 0.29) is 6.61 Å². The molecule has 7 nitrogen and oxygen atoms in total. The summed E-state index contributed by atoms with van der Waals surface area (Å²) >= 11 is 0. The predicted octanol–water partition coefficient (Wildman–Crippen LogP) is 4.17. The van der Waals surface area contributed by atoms with E-state index in [1.165, 1.54) is 0 Å². The third-order valence-electron chi connectivity index (χ3n) is 5.10. The van der Waals surface area contributed by atoms with Gasteiger partial charge in [0.25, 0.3) is 0 Å². The molecule has 0 saturated heterocycles. The third kappa shape index (κ3) is 3.68.